The highest BCUT2D eigenvalue weighted by atomic mass is 16.5. The molecular formula is C19H26N2O3. The van der Waals surface area contributed by atoms with Gasteiger partial charge in [-0.05, 0) is 36.8 Å². The van der Waals surface area contributed by atoms with E-state index in [9.17, 15) is 9.90 Å². The summed E-state index contributed by atoms with van der Waals surface area (Å²) in [5.74, 6) is 0.0306. The standard InChI is InChI=1S/C19H26N2O3/c22-15(10-20-19(23)17-9-16-5-6-18(17)24-16)12-21-8-7-13-3-1-2-4-14(13)11-21/h1-4,15-18,22H,5-12H2,(H,20,23). The van der Waals surface area contributed by atoms with Gasteiger partial charge in [-0.3, -0.25) is 9.69 Å². The van der Waals surface area contributed by atoms with Crippen molar-refractivity contribution in [2.75, 3.05) is 19.6 Å². The average molecular weight is 330 g/mol. The van der Waals surface area contributed by atoms with Crippen molar-refractivity contribution in [2.24, 2.45) is 5.92 Å². The van der Waals surface area contributed by atoms with Gasteiger partial charge in [-0.15, -0.1) is 0 Å². The molecule has 3 heterocycles. The van der Waals surface area contributed by atoms with Crippen LogP contribution in [-0.4, -0.2) is 53.9 Å². The van der Waals surface area contributed by atoms with E-state index in [2.05, 4.69) is 34.5 Å². The highest BCUT2D eigenvalue weighted by Gasteiger charge is 2.44. The number of hydrogen-bond donors (Lipinski definition) is 2. The van der Waals surface area contributed by atoms with Crippen LogP contribution in [0.1, 0.15) is 30.4 Å². The van der Waals surface area contributed by atoms with Crippen LogP contribution < -0.4 is 5.32 Å². The van der Waals surface area contributed by atoms with Crippen LogP contribution >= 0.6 is 0 Å². The Morgan fingerprint density at radius 1 is 1.33 bits per heavy atom. The molecule has 0 saturated carbocycles. The van der Waals surface area contributed by atoms with Crippen molar-refractivity contribution < 1.29 is 14.6 Å². The van der Waals surface area contributed by atoms with Crippen molar-refractivity contribution in [3.05, 3.63) is 35.4 Å². The fourth-order valence-electron chi connectivity index (χ4n) is 4.34. The number of nitrogens with zero attached hydrogens (tertiary/aromatic N) is 1. The number of β-amino-alcohol motifs (C(OH)–C–C–N with tert-alkyl or cyclic N) is 1. The predicted molar refractivity (Wildman–Crippen MR) is 90.4 cm³/mol. The number of ether oxygens (including phenoxy) is 1. The van der Waals surface area contributed by atoms with E-state index >= 15 is 0 Å². The van der Waals surface area contributed by atoms with E-state index in [-0.39, 0.29) is 24.0 Å². The lowest BCUT2D eigenvalue weighted by molar-refractivity contribution is -0.127. The van der Waals surface area contributed by atoms with Crippen molar-refractivity contribution in [1.29, 1.82) is 0 Å². The van der Waals surface area contributed by atoms with Crippen LogP contribution in [0.5, 0.6) is 0 Å². The molecule has 24 heavy (non-hydrogen) atoms. The first-order valence-corrected chi connectivity index (χ1v) is 9.09. The van der Waals surface area contributed by atoms with Crippen LogP contribution in [0.4, 0.5) is 0 Å². The molecular weight excluding hydrogens is 304 g/mol. The molecule has 4 unspecified atom stereocenters. The van der Waals surface area contributed by atoms with Gasteiger partial charge in [-0.2, -0.15) is 0 Å². The van der Waals surface area contributed by atoms with Gasteiger partial charge < -0.3 is 15.2 Å². The fraction of sp³-hybridized carbons (Fsp3) is 0.632. The zero-order valence-corrected chi connectivity index (χ0v) is 14.0. The molecule has 1 aromatic rings. The predicted octanol–water partition coefficient (Wildman–Crippen LogP) is 1.09. The van der Waals surface area contributed by atoms with Gasteiger partial charge in [0.25, 0.3) is 0 Å². The molecule has 4 rings (SSSR count). The largest absolute Gasteiger partial charge is 0.390 e. The molecule has 2 saturated heterocycles. The minimum atomic E-state index is -0.529. The number of hydrogen-bond acceptors (Lipinski definition) is 4. The SMILES string of the molecule is O=C(NCC(O)CN1CCc2ccccc2C1)C1CC2CCC1O2. The van der Waals surface area contributed by atoms with Gasteiger partial charge in [-0.1, -0.05) is 24.3 Å². The van der Waals surface area contributed by atoms with Crippen molar-refractivity contribution >= 4 is 5.91 Å². The summed E-state index contributed by atoms with van der Waals surface area (Å²) >= 11 is 0. The van der Waals surface area contributed by atoms with Gasteiger partial charge in [0.2, 0.25) is 5.91 Å². The van der Waals surface area contributed by atoms with Gasteiger partial charge in [0.1, 0.15) is 0 Å². The van der Waals surface area contributed by atoms with E-state index in [1.165, 1.54) is 11.1 Å². The Morgan fingerprint density at radius 3 is 2.92 bits per heavy atom. The third-order valence-electron chi connectivity index (χ3n) is 5.63. The molecule has 5 nitrogen and oxygen atoms in total. The van der Waals surface area contributed by atoms with Gasteiger partial charge >= 0.3 is 0 Å². The number of amides is 1. The van der Waals surface area contributed by atoms with Crippen molar-refractivity contribution in [3.8, 4) is 0 Å². The number of aliphatic hydroxyl groups excluding tert-OH is 1. The molecule has 2 fully saturated rings. The lowest BCUT2D eigenvalue weighted by Gasteiger charge is -2.30. The number of aliphatic hydroxyl groups is 1. The smallest absolute Gasteiger partial charge is 0.225 e. The number of fused-ring (bicyclic) bond motifs is 3. The third kappa shape index (κ3) is 3.34. The quantitative estimate of drug-likeness (QED) is 0.848. The molecule has 2 N–H and O–H groups in total. The molecule has 3 aliphatic heterocycles. The number of rotatable bonds is 5. The summed E-state index contributed by atoms with van der Waals surface area (Å²) in [5, 5.41) is 13.2. The Bertz CT molecular complexity index is 606. The second-order valence-electron chi connectivity index (χ2n) is 7.37. The van der Waals surface area contributed by atoms with Gasteiger partial charge in [0, 0.05) is 26.2 Å². The van der Waals surface area contributed by atoms with Crippen LogP contribution in [0.2, 0.25) is 0 Å². The Kier molecular flexibility index (Phi) is 4.57. The molecule has 3 aliphatic rings. The van der Waals surface area contributed by atoms with Crippen molar-refractivity contribution in [1.82, 2.24) is 10.2 Å². The molecule has 0 radical (unpaired) electrons. The van der Waals surface area contributed by atoms with Crippen LogP contribution in [-0.2, 0) is 22.5 Å². The minimum Gasteiger partial charge on any atom is -0.390 e. The first-order valence-electron chi connectivity index (χ1n) is 9.09. The molecule has 4 atom stereocenters. The van der Waals surface area contributed by atoms with E-state index in [4.69, 9.17) is 4.74 Å². The Labute approximate surface area is 143 Å². The maximum Gasteiger partial charge on any atom is 0.225 e. The number of benzene rings is 1. The van der Waals surface area contributed by atoms with Crippen molar-refractivity contribution in [3.63, 3.8) is 0 Å². The Hall–Kier alpha value is -1.43. The molecule has 130 valence electrons. The highest BCUT2D eigenvalue weighted by Crippen LogP contribution is 2.38. The monoisotopic (exact) mass is 330 g/mol. The van der Waals surface area contributed by atoms with E-state index in [1.807, 2.05) is 0 Å². The minimum absolute atomic E-state index is 0.0159. The van der Waals surface area contributed by atoms with Gasteiger partial charge in [0.15, 0.2) is 0 Å². The highest BCUT2D eigenvalue weighted by molar-refractivity contribution is 5.79. The maximum absolute atomic E-state index is 12.3. The Balaban J connectivity index is 1.23. The summed E-state index contributed by atoms with van der Waals surface area (Å²) in [6.45, 7) is 2.76. The Morgan fingerprint density at radius 2 is 2.17 bits per heavy atom. The van der Waals surface area contributed by atoms with E-state index < -0.39 is 6.10 Å². The van der Waals surface area contributed by atoms with Crippen LogP contribution in [0.25, 0.3) is 0 Å². The normalized spacial score (nSPS) is 30.1. The van der Waals surface area contributed by atoms with Crippen LogP contribution in [0, 0.1) is 5.92 Å². The average Bonchev–Trinajstić information content (AvgIpc) is 3.23. The van der Waals surface area contributed by atoms with Gasteiger partial charge in [0.05, 0.1) is 24.2 Å². The molecule has 0 spiro atoms. The summed E-state index contributed by atoms with van der Waals surface area (Å²) in [5.41, 5.74) is 2.76. The maximum atomic E-state index is 12.3. The zero-order chi connectivity index (χ0) is 16.5. The molecule has 5 heteroatoms. The molecule has 1 aromatic carbocycles. The topological polar surface area (TPSA) is 61.8 Å². The second-order valence-corrected chi connectivity index (χ2v) is 7.37. The molecule has 0 aliphatic carbocycles. The molecule has 0 aromatic heterocycles. The lowest BCUT2D eigenvalue weighted by atomic mass is 9.88. The summed E-state index contributed by atoms with van der Waals surface area (Å²) in [7, 11) is 0. The lowest BCUT2D eigenvalue weighted by Crippen LogP contribution is -2.44. The molecule has 1 amide bonds. The van der Waals surface area contributed by atoms with Crippen molar-refractivity contribution in [2.45, 2.75) is 50.5 Å². The number of carbonyl (C=O) groups is 1. The summed E-state index contributed by atoms with van der Waals surface area (Å²) in [6.07, 6.45) is 3.81. The molecule has 2 bridgehead atoms. The fourth-order valence-corrected chi connectivity index (χ4v) is 4.34. The van der Waals surface area contributed by atoms with Gasteiger partial charge in [-0.25, -0.2) is 0 Å². The van der Waals surface area contributed by atoms with Crippen LogP contribution in [0.15, 0.2) is 24.3 Å². The van der Waals surface area contributed by atoms with E-state index in [0.29, 0.717) is 13.1 Å². The first-order chi connectivity index (χ1) is 11.7. The van der Waals surface area contributed by atoms with Crippen LogP contribution in [0.3, 0.4) is 0 Å². The summed E-state index contributed by atoms with van der Waals surface area (Å²) in [4.78, 5) is 14.5. The second kappa shape index (κ2) is 6.82. The summed E-state index contributed by atoms with van der Waals surface area (Å²) < 4.78 is 5.74. The number of carbonyl (C=O) groups excluding carboxylic acids is 1. The number of nitrogens with one attached hydrogen (secondary N) is 1. The zero-order valence-electron chi connectivity index (χ0n) is 14.0. The summed E-state index contributed by atoms with van der Waals surface area (Å²) in [6, 6.07) is 8.49. The third-order valence-corrected chi connectivity index (χ3v) is 5.63. The first kappa shape index (κ1) is 16.1. The van der Waals surface area contributed by atoms with E-state index in [0.717, 1.165) is 38.8 Å². The van der Waals surface area contributed by atoms with E-state index in [1.54, 1.807) is 0 Å².